The molecule has 3 saturated carbocycles. The molecule has 24 heavy (non-hydrogen) atoms. The van der Waals surface area contributed by atoms with Gasteiger partial charge in [-0.1, -0.05) is 12.8 Å². The van der Waals surface area contributed by atoms with Crippen molar-refractivity contribution >= 4 is 16.7 Å². The van der Waals surface area contributed by atoms with Crippen molar-refractivity contribution in [1.29, 1.82) is 0 Å². The molecular weight excluding hydrogens is 298 g/mol. The summed E-state index contributed by atoms with van der Waals surface area (Å²) < 4.78 is 5.31. The molecule has 1 N–H and O–H groups in total. The molecule has 126 valence electrons. The van der Waals surface area contributed by atoms with Crippen molar-refractivity contribution in [3.8, 4) is 5.75 Å². The third-order valence-electron chi connectivity index (χ3n) is 7.06. The number of carbonyl (C=O) groups is 1. The second-order valence-electron chi connectivity index (χ2n) is 8.40. The minimum atomic E-state index is -0.0935. The van der Waals surface area contributed by atoms with Crippen LogP contribution in [0.1, 0.15) is 55.4 Å². The Labute approximate surface area is 142 Å². The van der Waals surface area contributed by atoms with Gasteiger partial charge in [-0.15, -0.1) is 0 Å². The monoisotopic (exact) mass is 323 g/mol. The highest BCUT2D eigenvalue weighted by atomic mass is 16.5. The van der Waals surface area contributed by atoms with Crippen LogP contribution in [0.15, 0.2) is 24.3 Å². The van der Waals surface area contributed by atoms with Crippen LogP contribution < -0.4 is 4.74 Å². The minimum absolute atomic E-state index is 0.0935. The lowest BCUT2D eigenvalue weighted by molar-refractivity contribution is 0.0606. The van der Waals surface area contributed by atoms with E-state index in [1.54, 1.807) is 7.11 Å². The highest BCUT2D eigenvalue weighted by Gasteiger charge is 2.53. The van der Waals surface area contributed by atoms with Crippen LogP contribution in [0, 0.1) is 23.2 Å². The maximum Gasteiger partial charge on any atom is 0.185 e. The zero-order chi connectivity index (χ0) is 16.3. The SMILES string of the molecule is COc1ccc2[nH]c(C(=O)C34CCCC5CC(CC5C3)C4)cc2c1. The summed E-state index contributed by atoms with van der Waals surface area (Å²) in [7, 11) is 1.68. The van der Waals surface area contributed by atoms with Gasteiger partial charge in [0, 0.05) is 16.3 Å². The maximum absolute atomic E-state index is 13.5. The number of aromatic nitrogens is 1. The zero-order valence-corrected chi connectivity index (χ0v) is 14.3. The van der Waals surface area contributed by atoms with E-state index in [9.17, 15) is 4.79 Å². The zero-order valence-electron chi connectivity index (χ0n) is 14.3. The predicted molar refractivity (Wildman–Crippen MR) is 94.4 cm³/mol. The van der Waals surface area contributed by atoms with Gasteiger partial charge < -0.3 is 9.72 Å². The Bertz CT molecular complexity index is 807. The molecule has 3 heteroatoms. The summed E-state index contributed by atoms with van der Waals surface area (Å²) in [6.07, 6.45) is 8.68. The van der Waals surface area contributed by atoms with Crippen LogP contribution in [-0.4, -0.2) is 17.9 Å². The Morgan fingerprint density at radius 1 is 1.21 bits per heavy atom. The molecule has 4 atom stereocenters. The highest BCUT2D eigenvalue weighted by molar-refractivity contribution is 6.03. The number of ketones is 1. The molecule has 5 rings (SSSR count). The Morgan fingerprint density at radius 2 is 2.08 bits per heavy atom. The summed E-state index contributed by atoms with van der Waals surface area (Å²) in [6.45, 7) is 0. The number of nitrogens with one attached hydrogen (secondary N) is 1. The van der Waals surface area contributed by atoms with Crippen LogP contribution in [0.5, 0.6) is 5.75 Å². The average molecular weight is 323 g/mol. The number of Topliss-reactive ketones (excluding diaryl/α,β-unsaturated/α-hetero) is 1. The van der Waals surface area contributed by atoms with E-state index in [0.717, 1.165) is 59.4 Å². The predicted octanol–water partition coefficient (Wildman–Crippen LogP) is 4.97. The number of aromatic amines is 1. The van der Waals surface area contributed by atoms with Crippen LogP contribution in [0.4, 0.5) is 0 Å². The van der Waals surface area contributed by atoms with Crippen LogP contribution in [0.2, 0.25) is 0 Å². The molecule has 1 heterocycles. The van der Waals surface area contributed by atoms with Crippen molar-refractivity contribution in [3.63, 3.8) is 0 Å². The van der Waals surface area contributed by atoms with Gasteiger partial charge in [0.15, 0.2) is 5.78 Å². The molecule has 3 fully saturated rings. The van der Waals surface area contributed by atoms with Crippen molar-refractivity contribution in [2.75, 3.05) is 7.11 Å². The Hall–Kier alpha value is -1.77. The van der Waals surface area contributed by atoms with Crippen molar-refractivity contribution in [1.82, 2.24) is 4.98 Å². The highest BCUT2D eigenvalue weighted by Crippen LogP contribution is 2.59. The second kappa shape index (κ2) is 5.11. The summed E-state index contributed by atoms with van der Waals surface area (Å²) >= 11 is 0. The maximum atomic E-state index is 13.5. The molecule has 0 saturated heterocycles. The third-order valence-corrected chi connectivity index (χ3v) is 7.06. The fourth-order valence-electron chi connectivity index (χ4n) is 6.10. The van der Waals surface area contributed by atoms with Gasteiger partial charge in [0.2, 0.25) is 0 Å². The lowest BCUT2D eigenvalue weighted by Gasteiger charge is -2.38. The third kappa shape index (κ3) is 2.06. The van der Waals surface area contributed by atoms with Gasteiger partial charge in [0.25, 0.3) is 0 Å². The minimum Gasteiger partial charge on any atom is -0.497 e. The first kappa shape index (κ1) is 14.6. The van der Waals surface area contributed by atoms with E-state index < -0.39 is 0 Å². The van der Waals surface area contributed by atoms with Crippen molar-refractivity contribution in [3.05, 3.63) is 30.0 Å². The van der Waals surface area contributed by atoms with Crippen molar-refractivity contribution in [2.45, 2.75) is 44.9 Å². The van der Waals surface area contributed by atoms with Gasteiger partial charge in [0.05, 0.1) is 12.8 Å². The smallest absolute Gasteiger partial charge is 0.185 e. The van der Waals surface area contributed by atoms with Gasteiger partial charge in [-0.05, 0) is 74.1 Å². The summed E-state index contributed by atoms with van der Waals surface area (Å²) in [4.78, 5) is 16.9. The van der Waals surface area contributed by atoms with Crippen LogP contribution >= 0.6 is 0 Å². The van der Waals surface area contributed by atoms with Crippen LogP contribution in [0.25, 0.3) is 10.9 Å². The number of carbonyl (C=O) groups excluding carboxylic acids is 1. The summed E-state index contributed by atoms with van der Waals surface area (Å²) in [5.74, 6) is 3.71. The van der Waals surface area contributed by atoms with E-state index >= 15 is 0 Å². The van der Waals surface area contributed by atoms with Gasteiger partial charge in [-0.2, -0.15) is 0 Å². The first-order valence-electron chi connectivity index (χ1n) is 9.38. The van der Waals surface area contributed by atoms with E-state index in [0.29, 0.717) is 5.78 Å². The number of hydrogen-bond acceptors (Lipinski definition) is 2. The molecule has 0 radical (unpaired) electrons. The number of ether oxygens (including phenoxy) is 1. The molecule has 1 aromatic carbocycles. The molecule has 0 aliphatic heterocycles. The number of rotatable bonds is 3. The quantitative estimate of drug-likeness (QED) is 0.811. The Morgan fingerprint density at radius 3 is 2.96 bits per heavy atom. The van der Waals surface area contributed by atoms with Gasteiger partial charge in [0.1, 0.15) is 5.75 Å². The largest absolute Gasteiger partial charge is 0.497 e. The van der Waals surface area contributed by atoms with Gasteiger partial charge in [-0.25, -0.2) is 0 Å². The lowest BCUT2D eigenvalue weighted by atomic mass is 9.64. The standard InChI is InChI=1S/C21H25NO2/c1-24-17-4-5-18-15(9-17)10-19(22-18)20(23)21-6-2-3-14-7-13(11-21)8-16(14)12-21/h4-5,9-10,13-14,16,22H,2-3,6-8,11-12H2,1H3. The van der Waals surface area contributed by atoms with Gasteiger partial charge >= 0.3 is 0 Å². The summed E-state index contributed by atoms with van der Waals surface area (Å²) in [5, 5.41) is 1.07. The molecule has 0 spiro atoms. The molecular formula is C21H25NO2. The molecule has 3 nitrogen and oxygen atoms in total. The molecule has 1 aromatic heterocycles. The van der Waals surface area contributed by atoms with E-state index in [1.807, 2.05) is 24.3 Å². The first-order chi connectivity index (χ1) is 11.7. The number of fused-ring (bicyclic) bond motifs is 3. The summed E-state index contributed by atoms with van der Waals surface area (Å²) in [6, 6.07) is 8.00. The molecule has 3 bridgehead atoms. The lowest BCUT2D eigenvalue weighted by Crippen LogP contribution is -2.37. The van der Waals surface area contributed by atoms with Crippen LogP contribution in [0.3, 0.4) is 0 Å². The van der Waals surface area contributed by atoms with E-state index in [2.05, 4.69) is 4.98 Å². The fraction of sp³-hybridized carbons (Fsp3) is 0.571. The van der Waals surface area contributed by atoms with Crippen molar-refractivity contribution in [2.24, 2.45) is 23.2 Å². The first-order valence-corrected chi connectivity index (χ1v) is 9.38. The number of methoxy groups -OCH3 is 1. The van der Waals surface area contributed by atoms with Crippen LogP contribution in [-0.2, 0) is 0 Å². The molecule has 3 aliphatic rings. The van der Waals surface area contributed by atoms with Crippen molar-refractivity contribution < 1.29 is 9.53 Å². The fourth-order valence-corrected chi connectivity index (χ4v) is 6.10. The average Bonchev–Trinajstić information content (AvgIpc) is 3.10. The molecule has 3 aliphatic carbocycles. The van der Waals surface area contributed by atoms with E-state index in [-0.39, 0.29) is 5.41 Å². The van der Waals surface area contributed by atoms with Gasteiger partial charge in [-0.3, -0.25) is 4.79 Å². The molecule has 4 unspecified atom stereocenters. The van der Waals surface area contributed by atoms with E-state index in [4.69, 9.17) is 4.74 Å². The molecule has 2 aromatic rings. The second-order valence-corrected chi connectivity index (χ2v) is 8.40. The Balaban J connectivity index is 1.53. The van der Waals surface area contributed by atoms with E-state index in [1.165, 1.54) is 25.7 Å². The Kier molecular flexibility index (Phi) is 3.10. The molecule has 0 amide bonds. The summed E-state index contributed by atoms with van der Waals surface area (Å²) in [5.41, 5.74) is 1.74. The number of hydrogen-bond donors (Lipinski definition) is 1. The topological polar surface area (TPSA) is 42.1 Å². The normalized spacial score (nSPS) is 34.5. The number of benzene rings is 1. The number of H-pyrrole nitrogens is 1.